The molecule has 0 saturated carbocycles. The lowest BCUT2D eigenvalue weighted by atomic mass is 9.85. The van der Waals surface area contributed by atoms with Gasteiger partial charge in [0.15, 0.2) is 0 Å². The van der Waals surface area contributed by atoms with Crippen molar-refractivity contribution in [2.24, 2.45) is 11.8 Å². The molecule has 1 saturated heterocycles. The van der Waals surface area contributed by atoms with Crippen LogP contribution < -0.4 is 4.90 Å². The molecule has 1 aliphatic heterocycles. The van der Waals surface area contributed by atoms with Gasteiger partial charge in [-0.15, -0.1) is 6.58 Å². The lowest BCUT2D eigenvalue weighted by Crippen LogP contribution is -2.24. The Morgan fingerprint density at radius 3 is 2.55 bits per heavy atom. The number of benzene rings is 1. The number of carbonyl (C=O) groups excluding carboxylic acids is 1. The number of aldehydes is 1. The van der Waals surface area contributed by atoms with E-state index in [2.05, 4.69) is 37.5 Å². The zero-order valence-electron chi connectivity index (χ0n) is 12.6. The monoisotopic (exact) mass is 271 g/mol. The van der Waals surface area contributed by atoms with E-state index in [-0.39, 0.29) is 0 Å². The van der Waals surface area contributed by atoms with Crippen molar-refractivity contribution in [2.45, 2.75) is 33.1 Å². The average Bonchev–Trinajstić information content (AvgIpc) is 2.62. The lowest BCUT2D eigenvalue weighted by Gasteiger charge is -2.23. The first-order valence-corrected chi connectivity index (χ1v) is 7.54. The fourth-order valence-corrected chi connectivity index (χ4v) is 3.09. The van der Waals surface area contributed by atoms with Crippen LogP contribution in [0.5, 0.6) is 0 Å². The summed E-state index contributed by atoms with van der Waals surface area (Å²) < 4.78 is 0. The Hall–Kier alpha value is -1.57. The molecule has 2 heteroatoms. The van der Waals surface area contributed by atoms with E-state index in [0.29, 0.717) is 0 Å². The van der Waals surface area contributed by atoms with Crippen LogP contribution in [-0.2, 0) is 0 Å². The predicted molar refractivity (Wildman–Crippen MR) is 85.4 cm³/mol. The highest BCUT2D eigenvalue weighted by molar-refractivity contribution is 5.75. The number of hydrogen-bond donors (Lipinski definition) is 0. The normalized spacial score (nSPS) is 23.2. The molecule has 0 aliphatic carbocycles. The third-order valence-electron chi connectivity index (χ3n) is 4.43. The first kappa shape index (κ1) is 14.8. The molecule has 20 heavy (non-hydrogen) atoms. The summed E-state index contributed by atoms with van der Waals surface area (Å²) in [5.74, 6) is 1.51. The molecule has 1 aromatic carbocycles. The van der Waals surface area contributed by atoms with E-state index in [4.69, 9.17) is 0 Å². The average molecular weight is 271 g/mol. The van der Waals surface area contributed by atoms with E-state index >= 15 is 0 Å². The molecule has 2 rings (SSSR count). The topological polar surface area (TPSA) is 20.3 Å². The van der Waals surface area contributed by atoms with Crippen LogP contribution in [0, 0.1) is 11.8 Å². The van der Waals surface area contributed by atoms with Crippen molar-refractivity contribution in [3.63, 3.8) is 0 Å². The number of nitrogens with zero attached hydrogens (tertiary/aromatic N) is 1. The van der Waals surface area contributed by atoms with Crippen molar-refractivity contribution in [2.75, 3.05) is 18.0 Å². The molecule has 0 radical (unpaired) electrons. The molecule has 108 valence electrons. The Labute approximate surface area is 122 Å². The molecule has 1 fully saturated rings. The van der Waals surface area contributed by atoms with Crippen LogP contribution in [0.1, 0.15) is 43.5 Å². The van der Waals surface area contributed by atoms with Gasteiger partial charge in [0.25, 0.3) is 0 Å². The molecular weight excluding hydrogens is 246 g/mol. The van der Waals surface area contributed by atoms with Crippen molar-refractivity contribution in [1.82, 2.24) is 0 Å². The van der Waals surface area contributed by atoms with Gasteiger partial charge in [-0.2, -0.15) is 0 Å². The first-order chi connectivity index (χ1) is 9.60. The molecule has 1 aliphatic rings. The van der Waals surface area contributed by atoms with Crippen LogP contribution in [-0.4, -0.2) is 19.4 Å². The van der Waals surface area contributed by atoms with Crippen molar-refractivity contribution in [3.8, 4) is 0 Å². The summed E-state index contributed by atoms with van der Waals surface area (Å²) in [4.78, 5) is 13.2. The van der Waals surface area contributed by atoms with Gasteiger partial charge in [-0.1, -0.05) is 12.5 Å². The second kappa shape index (κ2) is 6.74. The molecule has 0 N–H and O–H groups in total. The molecule has 0 aromatic heterocycles. The maximum atomic E-state index is 10.7. The summed E-state index contributed by atoms with van der Waals surface area (Å²) >= 11 is 0. The SMILES string of the molecule is C=C(C)CC1CCN(c2ccc(C=O)cc2)CCC1C. The Morgan fingerprint density at radius 1 is 1.30 bits per heavy atom. The van der Waals surface area contributed by atoms with Crippen LogP contribution in [0.2, 0.25) is 0 Å². The molecule has 0 spiro atoms. The summed E-state index contributed by atoms with van der Waals surface area (Å²) in [5, 5.41) is 0. The summed E-state index contributed by atoms with van der Waals surface area (Å²) in [7, 11) is 0. The van der Waals surface area contributed by atoms with Gasteiger partial charge in [0.1, 0.15) is 6.29 Å². The number of allylic oxidation sites excluding steroid dienone is 1. The van der Waals surface area contributed by atoms with Crippen molar-refractivity contribution in [3.05, 3.63) is 42.0 Å². The lowest BCUT2D eigenvalue weighted by molar-refractivity contribution is 0.112. The third-order valence-corrected chi connectivity index (χ3v) is 4.43. The Kier molecular flexibility index (Phi) is 4.99. The standard InChI is InChI=1S/C18H25NO/c1-14(2)12-17-9-11-19(10-8-15(17)3)18-6-4-16(13-20)5-7-18/h4-7,13,15,17H,1,8-12H2,2-3H3. The highest BCUT2D eigenvalue weighted by atomic mass is 16.1. The van der Waals surface area contributed by atoms with Crippen LogP contribution in [0.3, 0.4) is 0 Å². The van der Waals surface area contributed by atoms with Gasteiger partial charge in [-0.25, -0.2) is 0 Å². The van der Waals surface area contributed by atoms with E-state index in [1.807, 2.05) is 12.1 Å². The van der Waals surface area contributed by atoms with Crippen LogP contribution in [0.4, 0.5) is 5.69 Å². The molecule has 2 atom stereocenters. The number of hydrogen-bond acceptors (Lipinski definition) is 2. The van der Waals surface area contributed by atoms with Gasteiger partial charge in [0, 0.05) is 24.3 Å². The fraction of sp³-hybridized carbons (Fsp3) is 0.500. The number of carbonyl (C=O) groups is 1. The quantitative estimate of drug-likeness (QED) is 0.600. The van der Waals surface area contributed by atoms with E-state index in [1.165, 1.54) is 24.1 Å². The van der Waals surface area contributed by atoms with Crippen molar-refractivity contribution in [1.29, 1.82) is 0 Å². The van der Waals surface area contributed by atoms with Crippen LogP contribution in [0.15, 0.2) is 36.4 Å². The summed E-state index contributed by atoms with van der Waals surface area (Å²) in [6.45, 7) is 10.8. The highest BCUT2D eigenvalue weighted by Gasteiger charge is 2.23. The number of rotatable bonds is 4. The van der Waals surface area contributed by atoms with Crippen LogP contribution >= 0.6 is 0 Å². The van der Waals surface area contributed by atoms with Gasteiger partial charge < -0.3 is 4.90 Å². The number of anilines is 1. The zero-order chi connectivity index (χ0) is 14.5. The molecule has 1 aromatic rings. The van der Waals surface area contributed by atoms with Gasteiger partial charge in [-0.3, -0.25) is 4.79 Å². The fourth-order valence-electron chi connectivity index (χ4n) is 3.09. The first-order valence-electron chi connectivity index (χ1n) is 7.54. The predicted octanol–water partition coefficient (Wildman–Crippen LogP) is 4.32. The second-order valence-electron chi connectivity index (χ2n) is 6.17. The van der Waals surface area contributed by atoms with E-state index in [1.54, 1.807) is 0 Å². The minimum atomic E-state index is 0.747. The van der Waals surface area contributed by atoms with Gasteiger partial charge in [0.05, 0.1) is 0 Å². The summed E-state index contributed by atoms with van der Waals surface area (Å²) in [6.07, 6.45) is 4.51. The van der Waals surface area contributed by atoms with Gasteiger partial charge >= 0.3 is 0 Å². The van der Waals surface area contributed by atoms with Crippen molar-refractivity contribution < 1.29 is 4.79 Å². The maximum absolute atomic E-state index is 10.7. The third kappa shape index (κ3) is 3.72. The molecule has 1 heterocycles. The van der Waals surface area contributed by atoms with Crippen molar-refractivity contribution >= 4 is 12.0 Å². The smallest absolute Gasteiger partial charge is 0.150 e. The van der Waals surface area contributed by atoms with E-state index < -0.39 is 0 Å². The van der Waals surface area contributed by atoms with Gasteiger partial charge in [0.2, 0.25) is 0 Å². The van der Waals surface area contributed by atoms with E-state index in [0.717, 1.165) is 43.2 Å². The Balaban J connectivity index is 2.04. The Bertz CT molecular complexity index is 463. The molecule has 0 bridgehead atoms. The second-order valence-corrected chi connectivity index (χ2v) is 6.17. The maximum Gasteiger partial charge on any atom is 0.150 e. The summed E-state index contributed by atoms with van der Waals surface area (Å²) in [6, 6.07) is 7.94. The molecular formula is C18H25NO. The van der Waals surface area contributed by atoms with E-state index in [9.17, 15) is 4.79 Å². The Morgan fingerprint density at radius 2 is 1.95 bits per heavy atom. The highest BCUT2D eigenvalue weighted by Crippen LogP contribution is 2.30. The molecule has 2 nitrogen and oxygen atoms in total. The largest absolute Gasteiger partial charge is 0.372 e. The molecule has 2 unspecified atom stereocenters. The minimum Gasteiger partial charge on any atom is -0.372 e. The molecule has 0 amide bonds. The van der Waals surface area contributed by atoms with Gasteiger partial charge in [-0.05, 0) is 62.3 Å². The minimum absolute atomic E-state index is 0.747. The van der Waals surface area contributed by atoms with Crippen LogP contribution in [0.25, 0.3) is 0 Å². The summed E-state index contributed by atoms with van der Waals surface area (Å²) in [5.41, 5.74) is 3.28. The zero-order valence-corrected chi connectivity index (χ0v) is 12.6.